The lowest BCUT2D eigenvalue weighted by Gasteiger charge is -2.30. The molecule has 1 saturated heterocycles. The van der Waals surface area contributed by atoms with Crippen molar-refractivity contribution in [3.8, 4) is 0 Å². The number of hydrogen-bond donors (Lipinski definition) is 4. The summed E-state index contributed by atoms with van der Waals surface area (Å²) in [7, 11) is -1.67. The molecular formula is C19H30BN3O5. The molecule has 1 heterocycles. The number of urea groups is 1. The zero-order valence-corrected chi connectivity index (χ0v) is 16.5. The Hall–Kier alpha value is -2.10. The third-order valence-corrected chi connectivity index (χ3v) is 4.61. The molecule has 0 saturated carbocycles. The molecule has 1 fully saturated rings. The van der Waals surface area contributed by atoms with Gasteiger partial charge < -0.3 is 30.3 Å². The number of ether oxygens (including phenoxy) is 1. The van der Waals surface area contributed by atoms with Gasteiger partial charge in [-0.15, -0.1) is 0 Å². The topological polar surface area (TPSA) is 111 Å². The van der Waals surface area contributed by atoms with E-state index in [2.05, 4.69) is 10.6 Å². The van der Waals surface area contributed by atoms with Crippen molar-refractivity contribution in [2.24, 2.45) is 5.92 Å². The molecule has 0 aliphatic carbocycles. The van der Waals surface area contributed by atoms with Crippen LogP contribution in [0.2, 0.25) is 0 Å². The molecule has 8 nitrogen and oxygen atoms in total. The molecule has 4 N–H and O–H groups in total. The number of hydrogen-bond acceptors (Lipinski definition) is 5. The van der Waals surface area contributed by atoms with E-state index in [1.807, 2.05) is 44.2 Å². The molecule has 28 heavy (non-hydrogen) atoms. The van der Waals surface area contributed by atoms with Gasteiger partial charge in [-0.25, -0.2) is 4.79 Å². The molecular weight excluding hydrogens is 361 g/mol. The zero-order valence-electron chi connectivity index (χ0n) is 16.5. The summed E-state index contributed by atoms with van der Waals surface area (Å²) in [4.78, 5) is 27.1. The van der Waals surface area contributed by atoms with Crippen molar-refractivity contribution in [1.82, 2.24) is 15.5 Å². The average Bonchev–Trinajstić information content (AvgIpc) is 2.68. The Morgan fingerprint density at radius 2 is 1.79 bits per heavy atom. The van der Waals surface area contributed by atoms with Crippen LogP contribution in [0.15, 0.2) is 30.3 Å². The number of morpholine rings is 1. The normalized spacial score (nSPS) is 16.4. The van der Waals surface area contributed by atoms with E-state index in [4.69, 9.17) is 4.74 Å². The van der Waals surface area contributed by atoms with Crippen LogP contribution in [0.25, 0.3) is 0 Å². The number of benzene rings is 1. The molecule has 2 atom stereocenters. The summed E-state index contributed by atoms with van der Waals surface area (Å²) in [5.41, 5.74) is 0.898. The van der Waals surface area contributed by atoms with Crippen molar-refractivity contribution < 1.29 is 24.4 Å². The molecule has 0 radical (unpaired) electrons. The van der Waals surface area contributed by atoms with Gasteiger partial charge in [-0.3, -0.25) is 4.79 Å². The minimum absolute atomic E-state index is 0.169. The predicted molar refractivity (Wildman–Crippen MR) is 106 cm³/mol. The van der Waals surface area contributed by atoms with Crippen LogP contribution in [-0.2, 0) is 16.0 Å². The monoisotopic (exact) mass is 391 g/mol. The first-order valence-corrected chi connectivity index (χ1v) is 9.70. The summed E-state index contributed by atoms with van der Waals surface area (Å²) in [5, 5.41) is 24.7. The Morgan fingerprint density at radius 3 is 2.36 bits per heavy atom. The highest BCUT2D eigenvalue weighted by Gasteiger charge is 2.31. The maximum absolute atomic E-state index is 12.9. The highest BCUT2D eigenvalue weighted by Crippen LogP contribution is 2.09. The second-order valence-corrected chi connectivity index (χ2v) is 7.45. The minimum Gasteiger partial charge on any atom is -0.426 e. The fraction of sp³-hybridized carbons (Fsp3) is 0.579. The maximum atomic E-state index is 12.9. The van der Waals surface area contributed by atoms with E-state index in [-0.39, 0.29) is 11.9 Å². The lowest BCUT2D eigenvalue weighted by Crippen LogP contribution is -2.57. The smallest absolute Gasteiger partial charge is 0.426 e. The number of nitrogens with one attached hydrogen (secondary N) is 2. The molecule has 1 aliphatic rings. The Morgan fingerprint density at radius 1 is 1.14 bits per heavy atom. The van der Waals surface area contributed by atoms with E-state index in [9.17, 15) is 19.6 Å². The summed E-state index contributed by atoms with van der Waals surface area (Å²) in [6, 6.07) is 8.23. The summed E-state index contributed by atoms with van der Waals surface area (Å²) >= 11 is 0. The molecule has 1 aromatic carbocycles. The van der Waals surface area contributed by atoms with Gasteiger partial charge in [0.15, 0.2) is 0 Å². The predicted octanol–water partition coefficient (Wildman–Crippen LogP) is 0.182. The number of amides is 3. The summed E-state index contributed by atoms with van der Waals surface area (Å²) < 4.78 is 5.26. The second-order valence-electron chi connectivity index (χ2n) is 7.45. The van der Waals surface area contributed by atoms with Gasteiger partial charge in [0, 0.05) is 19.5 Å². The number of carbonyl (C=O) groups is 2. The van der Waals surface area contributed by atoms with E-state index < -0.39 is 25.0 Å². The number of nitrogens with zero attached hydrogens (tertiary/aromatic N) is 1. The molecule has 0 spiro atoms. The third kappa shape index (κ3) is 7.14. The number of rotatable bonds is 8. The molecule has 0 aromatic heterocycles. The molecule has 1 aliphatic heterocycles. The van der Waals surface area contributed by atoms with Crippen molar-refractivity contribution in [2.75, 3.05) is 26.3 Å². The number of carbonyl (C=O) groups excluding carboxylic acids is 2. The van der Waals surface area contributed by atoms with E-state index in [1.54, 1.807) is 4.90 Å². The van der Waals surface area contributed by atoms with Crippen LogP contribution in [-0.4, -0.2) is 72.3 Å². The van der Waals surface area contributed by atoms with Gasteiger partial charge in [0.2, 0.25) is 5.91 Å². The van der Waals surface area contributed by atoms with Gasteiger partial charge in [-0.05, 0) is 17.9 Å². The van der Waals surface area contributed by atoms with Crippen LogP contribution in [0.4, 0.5) is 4.79 Å². The van der Waals surface area contributed by atoms with Crippen LogP contribution < -0.4 is 10.6 Å². The van der Waals surface area contributed by atoms with Gasteiger partial charge in [0.25, 0.3) is 0 Å². The highest BCUT2D eigenvalue weighted by atomic mass is 16.5. The van der Waals surface area contributed by atoms with Gasteiger partial charge in [-0.1, -0.05) is 44.2 Å². The standard InChI is InChI=1S/C19H30BN3O5/c1-14(2)12-17(20(26)27)22-18(24)16(13-15-6-4-3-5-7-15)21-19(25)23-8-10-28-11-9-23/h3-7,14,16-17,26-27H,8-13H2,1-2H3,(H,21,25)(H,22,24)/t16-,17-/m0/s1. The Balaban J connectivity index is 2.09. The lowest BCUT2D eigenvalue weighted by molar-refractivity contribution is -0.123. The van der Waals surface area contributed by atoms with Crippen molar-refractivity contribution in [1.29, 1.82) is 0 Å². The first-order valence-electron chi connectivity index (χ1n) is 9.70. The summed E-state index contributed by atoms with van der Waals surface area (Å²) in [6.45, 7) is 5.74. The molecule has 154 valence electrons. The molecule has 1 aromatic rings. The summed E-state index contributed by atoms with van der Waals surface area (Å²) in [6.07, 6.45) is 0.720. The Labute approximate surface area is 166 Å². The molecule has 3 amide bonds. The van der Waals surface area contributed by atoms with Crippen molar-refractivity contribution in [2.45, 2.75) is 38.7 Å². The van der Waals surface area contributed by atoms with Gasteiger partial charge >= 0.3 is 13.1 Å². The quantitative estimate of drug-likeness (QED) is 0.473. The minimum atomic E-state index is -1.67. The van der Waals surface area contributed by atoms with Crippen LogP contribution in [0, 0.1) is 5.92 Å². The summed E-state index contributed by atoms with van der Waals surface area (Å²) in [5.74, 6) is -1.07. The fourth-order valence-electron chi connectivity index (χ4n) is 3.11. The third-order valence-electron chi connectivity index (χ3n) is 4.61. The largest absolute Gasteiger partial charge is 0.475 e. The van der Waals surface area contributed by atoms with Gasteiger partial charge in [0.05, 0.1) is 19.2 Å². The Bertz CT molecular complexity index is 623. The van der Waals surface area contributed by atoms with E-state index in [0.717, 1.165) is 5.56 Å². The average molecular weight is 391 g/mol. The van der Waals surface area contributed by atoms with Crippen LogP contribution in [0.5, 0.6) is 0 Å². The van der Waals surface area contributed by atoms with Crippen LogP contribution >= 0.6 is 0 Å². The van der Waals surface area contributed by atoms with Gasteiger partial charge in [-0.2, -0.15) is 0 Å². The van der Waals surface area contributed by atoms with Gasteiger partial charge in [0.1, 0.15) is 6.04 Å². The maximum Gasteiger partial charge on any atom is 0.475 e. The van der Waals surface area contributed by atoms with E-state index in [1.165, 1.54) is 0 Å². The van der Waals surface area contributed by atoms with E-state index >= 15 is 0 Å². The van der Waals surface area contributed by atoms with Crippen LogP contribution in [0.3, 0.4) is 0 Å². The molecule has 2 rings (SSSR count). The lowest BCUT2D eigenvalue weighted by atomic mass is 9.75. The highest BCUT2D eigenvalue weighted by molar-refractivity contribution is 6.43. The van der Waals surface area contributed by atoms with E-state index in [0.29, 0.717) is 39.1 Å². The zero-order chi connectivity index (χ0) is 20.5. The van der Waals surface area contributed by atoms with Crippen molar-refractivity contribution in [3.63, 3.8) is 0 Å². The Kier molecular flexibility index (Phi) is 8.75. The van der Waals surface area contributed by atoms with Crippen LogP contribution in [0.1, 0.15) is 25.8 Å². The molecule has 0 unspecified atom stereocenters. The molecule has 0 bridgehead atoms. The fourth-order valence-corrected chi connectivity index (χ4v) is 3.11. The first kappa shape index (κ1) is 22.2. The second kappa shape index (κ2) is 11.0. The molecule has 9 heteroatoms. The van der Waals surface area contributed by atoms with Crippen molar-refractivity contribution >= 4 is 19.1 Å². The SMILES string of the molecule is CC(C)C[C@H](NC(=O)[C@H](Cc1ccccc1)NC(=O)N1CCOCC1)B(O)O. The van der Waals surface area contributed by atoms with Crippen molar-refractivity contribution in [3.05, 3.63) is 35.9 Å². The first-order chi connectivity index (χ1) is 13.4.